The summed E-state index contributed by atoms with van der Waals surface area (Å²) in [7, 11) is 0. The Kier molecular flexibility index (Phi) is 3.57. The minimum absolute atomic E-state index is 0.173. The molecular formula is C16H20FN3. The van der Waals surface area contributed by atoms with Crippen molar-refractivity contribution in [1.82, 2.24) is 9.55 Å². The van der Waals surface area contributed by atoms with Gasteiger partial charge >= 0.3 is 0 Å². The third kappa shape index (κ3) is 2.24. The first-order chi connectivity index (χ1) is 9.70. The van der Waals surface area contributed by atoms with E-state index in [1.54, 1.807) is 6.07 Å². The molecule has 0 radical (unpaired) electrons. The van der Waals surface area contributed by atoms with Crippen molar-refractivity contribution >= 4 is 0 Å². The number of fused-ring (bicyclic) bond motifs is 1. The van der Waals surface area contributed by atoms with E-state index >= 15 is 0 Å². The molecule has 0 saturated heterocycles. The molecule has 0 saturated carbocycles. The lowest BCUT2D eigenvalue weighted by Gasteiger charge is -2.15. The first kappa shape index (κ1) is 13.3. The zero-order chi connectivity index (χ0) is 14.1. The SMILES string of the molecule is Cc1nc2c(n1Cc1cccc(CN)c1F)CCCC2. The molecule has 1 aromatic heterocycles. The van der Waals surface area contributed by atoms with E-state index < -0.39 is 0 Å². The maximum atomic E-state index is 14.3. The molecule has 0 unspecified atom stereocenters. The molecule has 3 nitrogen and oxygen atoms in total. The maximum Gasteiger partial charge on any atom is 0.132 e. The number of nitrogens with zero attached hydrogens (tertiary/aromatic N) is 2. The van der Waals surface area contributed by atoms with Gasteiger partial charge in [-0.15, -0.1) is 0 Å². The molecule has 0 bridgehead atoms. The van der Waals surface area contributed by atoms with Crippen LogP contribution in [0.25, 0.3) is 0 Å². The van der Waals surface area contributed by atoms with E-state index in [4.69, 9.17) is 5.73 Å². The van der Waals surface area contributed by atoms with Crippen LogP contribution < -0.4 is 5.73 Å². The molecular weight excluding hydrogens is 253 g/mol. The Balaban J connectivity index is 1.98. The predicted octanol–water partition coefficient (Wildman–Crippen LogP) is 2.72. The Morgan fingerprint density at radius 1 is 1.25 bits per heavy atom. The molecule has 20 heavy (non-hydrogen) atoms. The van der Waals surface area contributed by atoms with E-state index in [1.165, 1.54) is 24.2 Å². The van der Waals surface area contributed by atoms with Gasteiger partial charge in [-0.2, -0.15) is 0 Å². The number of imidazole rings is 1. The minimum atomic E-state index is -0.173. The zero-order valence-corrected chi connectivity index (χ0v) is 11.8. The smallest absolute Gasteiger partial charge is 0.132 e. The molecule has 1 aromatic carbocycles. The lowest BCUT2D eigenvalue weighted by molar-refractivity contribution is 0.571. The van der Waals surface area contributed by atoms with Crippen LogP contribution in [-0.4, -0.2) is 9.55 Å². The highest BCUT2D eigenvalue weighted by Crippen LogP contribution is 2.24. The summed E-state index contributed by atoms with van der Waals surface area (Å²) < 4.78 is 16.5. The summed E-state index contributed by atoms with van der Waals surface area (Å²) in [4.78, 5) is 4.64. The molecule has 0 fully saturated rings. The van der Waals surface area contributed by atoms with Crippen LogP contribution in [0.2, 0.25) is 0 Å². The highest BCUT2D eigenvalue weighted by Gasteiger charge is 2.19. The molecule has 1 aliphatic carbocycles. The monoisotopic (exact) mass is 273 g/mol. The molecule has 3 rings (SSSR count). The van der Waals surface area contributed by atoms with Crippen molar-refractivity contribution in [2.75, 3.05) is 0 Å². The van der Waals surface area contributed by atoms with Crippen LogP contribution in [0.3, 0.4) is 0 Å². The van der Waals surface area contributed by atoms with Gasteiger partial charge in [0.15, 0.2) is 0 Å². The van der Waals surface area contributed by atoms with Gasteiger partial charge in [0.2, 0.25) is 0 Å². The van der Waals surface area contributed by atoms with Gasteiger partial charge in [-0.25, -0.2) is 9.37 Å². The van der Waals surface area contributed by atoms with Crippen LogP contribution in [0, 0.1) is 12.7 Å². The second kappa shape index (κ2) is 5.37. The average molecular weight is 273 g/mol. The van der Waals surface area contributed by atoms with E-state index in [2.05, 4.69) is 9.55 Å². The van der Waals surface area contributed by atoms with Crippen molar-refractivity contribution < 1.29 is 4.39 Å². The Hall–Kier alpha value is -1.68. The first-order valence-electron chi connectivity index (χ1n) is 7.22. The van der Waals surface area contributed by atoms with Crippen LogP contribution in [-0.2, 0) is 25.9 Å². The average Bonchev–Trinajstić information content (AvgIpc) is 2.77. The van der Waals surface area contributed by atoms with Gasteiger partial charge in [-0.3, -0.25) is 0 Å². The number of rotatable bonds is 3. The Morgan fingerprint density at radius 2 is 2.00 bits per heavy atom. The standard InChI is InChI=1S/C16H20FN3/c1-11-19-14-7-2-3-8-15(14)20(11)10-13-6-4-5-12(9-18)16(13)17/h4-6H,2-3,7-10,18H2,1H3. The second-order valence-corrected chi connectivity index (χ2v) is 5.44. The van der Waals surface area contributed by atoms with Crippen molar-refractivity contribution in [2.45, 2.75) is 45.7 Å². The number of halogens is 1. The van der Waals surface area contributed by atoms with Crippen LogP contribution in [0.5, 0.6) is 0 Å². The third-order valence-corrected chi connectivity index (χ3v) is 4.13. The Morgan fingerprint density at radius 3 is 2.80 bits per heavy atom. The number of hydrogen-bond acceptors (Lipinski definition) is 2. The van der Waals surface area contributed by atoms with Gasteiger partial charge in [-0.1, -0.05) is 18.2 Å². The zero-order valence-electron chi connectivity index (χ0n) is 11.8. The van der Waals surface area contributed by atoms with Gasteiger partial charge in [0.25, 0.3) is 0 Å². The number of nitrogens with two attached hydrogens (primary N) is 1. The third-order valence-electron chi connectivity index (χ3n) is 4.13. The summed E-state index contributed by atoms with van der Waals surface area (Å²) in [5.74, 6) is 0.808. The highest BCUT2D eigenvalue weighted by molar-refractivity contribution is 5.28. The quantitative estimate of drug-likeness (QED) is 0.934. The predicted molar refractivity (Wildman–Crippen MR) is 77.0 cm³/mol. The Bertz CT molecular complexity index is 631. The topological polar surface area (TPSA) is 43.8 Å². The van der Waals surface area contributed by atoms with Crippen LogP contribution in [0.4, 0.5) is 4.39 Å². The summed E-state index contributed by atoms with van der Waals surface area (Å²) in [6.45, 7) is 2.79. The lowest BCUT2D eigenvalue weighted by Crippen LogP contribution is -2.12. The Labute approximate surface area is 118 Å². The number of hydrogen-bond donors (Lipinski definition) is 1. The van der Waals surface area contributed by atoms with E-state index in [9.17, 15) is 4.39 Å². The highest BCUT2D eigenvalue weighted by atomic mass is 19.1. The van der Waals surface area contributed by atoms with Crippen molar-refractivity contribution in [1.29, 1.82) is 0 Å². The van der Waals surface area contributed by atoms with Crippen LogP contribution in [0.1, 0.15) is 41.2 Å². The fraction of sp³-hybridized carbons (Fsp3) is 0.438. The van der Waals surface area contributed by atoms with Crippen LogP contribution >= 0.6 is 0 Å². The molecule has 0 spiro atoms. The van der Waals surface area contributed by atoms with Crippen molar-refractivity contribution in [3.8, 4) is 0 Å². The lowest BCUT2D eigenvalue weighted by atomic mass is 10.0. The normalized spacial score (nSPS) is 14.3. The molecule has 106 valence electrons. The first-order valence-corrected chi connectivity index (χ1v) is 7.22. The fourth-order valence-corrected chi connectivity index (χ4v) is 3.03. The van der Waals surface area contributed by atoms with Gasteiger partial charge in [-0.05, 0) is 32.6 Å². The maximum absolute atomic E-state index is 14.3. The molecule has 2 N–H and O–H groups in total. The van der Waals surface area contributed by atoms with Crippen molar-refractivity contribution in [3.63, 3.8) is 0 Å². The van der Waals surface area contributed by atoms with Crippen molar-refractivity contribution in [2.24, 2.45) is 5.73 Å². The number of benzene rings is 1. The number of aryl methyl sites for hydroxylation is 2. The van der Waals surface area contributed by atoms with E-state index in [0.29, 0.717) is 17.7 Å². The van der Waals surface area contributed by atoms with Gasteiger partial charge in [0, 0.05) is 23.4 Å². The second-order valence-electron chi connectivity index (χ2n) is 5.44. The van der Waals surface area contributed by atoms with Gasteiger partial charge in [0.1, 0.15) is 11.6 Å². The van der Waals surface area contributed by atoms with Crippen molar-refractivity contribution in [3.05, 3.63) is 52.4 Å². The molecule has 4 heteroatoms. The van der Waals surface area contributed by atoms with E-state index in [0.717, 1.165) is 18.7 Å². The molecule has 2 aromatic rings. The molecule has 0 atom stereocenters. The molecule has 1 aliphatic rings. The molecule has 0 amide bonds. The summed E-state index contributed by atoms with van der Waals surface area (Å²) in [5, 5.41) is 0. The largest absolute Gasteiger partial charge is 0.327 e. The summed E-state index contributed by atoms with van der Waals surface area (Å²) in [6.07, 6.45) is 4.51. The number of aromatic nitrogens is 2. The molecule has 1 heterocycles. The fourth-order valence-electron chi connectivity index (χ4n) is 3.03. The van der Waals surface area contributed by atoms with Crippen LogP contribution in [0.15, 0.2) is 18.2 Å². The summed E-state index contributed by atoms with van der Waals surface area (Å²) in [5.41, 5.74) is 9.33. The van der Waals surface area contributed by atoms with Gasteiger partial charge in [0.05, 0.1) is 12.2 Å². The summed E-state index contributed by atoms with van der Waals surface area (Å²) >= 11 is 0. The minimum Gasteiger partial charge on any atom is -0.327 e. The van der Waals surface area contributed by atoms with E-state index in [1.807, 2.05) is 19.1 Å². The molecule has 0 aliphatic heterocycles. The van der Waals surface area contributed by atoms with E-state index in [-0.39, 0.29) is 12.4 Å². The summed E-state index contributed by atoms with van der Waals surface area (Å²) in [6, 6.07) is 5.46. The van der Waals surface area contributed by atoms with Gasteiger partial charge < -0.3 is 10.3 Å².